The van der Waals surface area contributed by atoms with E-state index >= 15 is 0 Å². The van der Waals surface area contributed by atoms with E-state index in [0.29, 0.717) is 31.7 Å². The van der Waals surface area contributed by atoms with Gasteiger partial charge in [-0.25, -0.2) is 4.39 Å². The highest BCUT2D eigenvalue weighted by Gasteiger charge is 2.53. The summed E-state index contributed by atoms with van der Waals surface area (Å²) < 4.78 is 13.1. The Hall–Kier alpha value is -1.95. The molecule has 1 N–H and O–H groups in total. The number of hydrogen-bond donors (Lipinski definition) is 1. The van der Waals surface area contributed by atoms with Crippen molar-refractivity contribution in [3.63, 3.8) is 0 Å². The third kappa shape index (κ3) is 4.80. The van der Waals surface area contributed by atoms with Crippen LogP contribution in [0.1, 0.15) is 58.4 Å². The van der Waals surface area contributed by atoms with Crippen LogP contribution in [0.15, 0.2) is 24.3 Å². The molecule has 6 heteroatoms. The molecule has 2 aliphatic rings. The van der Waals surface area contributed by atoms with Crippen LogP contribution < -0.4 is 5.32 Å². The first kappa shape index (κ1) is 21.8. The summed E-state index contributed by atoms with van der Waals surface area (Å²) in [6.07, 6.45) is 3.87. The lowest BCUT2D eigenvalue weighted by Crippen LogP contribution is -2.73. The van der Waals surface area contributed by atoms with Crippen LogP contribution in [-0.4, -0.2) is 52.8 Å². The number of rotatable bonds is 7. The molecule has 2 amide bonds. The van der Waals surface area contributed by atoms with Crippen LogP contribution in [0.25, 0.3) is 0 Å². The van der Waals surface area contributed by atoms with Crippen LogP contribution in [0.2, 0.25) is 0 Å². The molecule has 0 bridgehead atoms. The number of nitrogens with one attached hydrogen (secondary N) is 1. The van der Waals surface area contributed by atoms with E-state index in [1.54, 1.807) is 12.1 Å². The van der Waals surface area contributed by atoms with E-state index in [2.05, 4.69) is 31.0 Å². The molecule has 0 radical (unpaired) electrons. The molecular weight excluding hydrogens is 369 g/mol. The number of piperazine rings is 1. The first-order chi connectivity index (χ1) is 13.9. The maximum atomic E-state index is 13.3. The van der Waals surface area contributed by atoms with E-state index < -0.39 is 11.6 Å². The van der Waals surface area contributed by atoms with Gasteiger partial charge in [0.05, 0.1) is 0 Å². The molecule has 2 saturated heterocycles. The smallest absolute Gasteiger partial charge is 0.246 e. The molecule has 1 atom stereocenters. The monoisotopic (exact) mass is 403 g/mol. The second kappa shape index (κ2) is 9.24. The minimum Gasteiger partial charge on any atom is -0.342 e. The molecule has 160 valence electrons. The first-order valence-corrected chi connectivity index (χ1v) is 10.9. The quantitative estimate of drug-likeness (QED) is 0.760. The fourth-order valence-electron chi connectivity index (χ4n) is 4.57. The van der Waals surface area contributed by atoms with Crippen molar-refractivity contribution in [2.45, 2.75) is 71.0 Å². The largest absolute Gasteiger partial charge is 0.342 e. The summed E-state index contributed by atoms with van der Waals surface area (Å²) >= 11 is 0. The van der Waals surface area contributed by atoms with Crippen molar-refractivity contribution in [1.29, 1.82) is 0 Å². The van der Waals surface area contributed by atoms with Gasteiger partial charge in [0.15, 0.2) is 0 Å². The number of hydrogen-bond acceptors (Lipinski definition) is 3. The second-order valence-electron chi connectivity index (χ2n) is 8.93. The summed E-state index contributed by atoms with van der Waals surface area (Å²) in [6, 6.07) is 6.17. The predicted octanol–water partition coefficient (Wildman–Crippen LogP) is 3.33. The number of nitrogens with zero attached hydrogens (tertiary/aromatic N) is 2. The lowest BCUT2D eigenvalue weighted by Gasteiger charge is -2.52. The van der Waals surface area contributed by atoms with Gasteiger partial charge in [0.25, 0.3) is 0 Å². The van der Waals surface area contributed by atoms with Gasteiger partial charge in [0, 0.05) is 26.2 Å². The number of benzene rings is 1. The maximum Gasteiger partial charge on any atom is 0.246 e. The van der Waals surface area contributed by atoms with E-state index in [1.165, 1.54) is 12.1 Å². The molecular formula is C23H34FN3O2. The van der Waals surface area contributed by atoms with Gasteiger partial charge in [-0.05, 0) is 49.3 Å². The van der Waals surface area contributed by atoms with Gasteiger partial charge in [-0.15, -0.1) is 0 Å². The van der Waals surface area contributed by atoms with Crippen LogP contribution in [0.5, 0.6) is 0 Å². The van der Waals surface area contributed by atoms with Gasteiger partial charge >= 0.3 is 0 Å². The number of piperidine rings is 1. The highest BCUT2D eigenvalue weighted by atomic mass is 19.1. The Morgan fingerprint density at radius 2 is 1.83 bits per heavy atom. The van der Waals surface area contributed by atoms with E-state index in [-0.39, 0.29) is 17.6 Å². The van der Waals surface area contributed by atoms with Crippen LogP contribution >= 0.6 is 0 Å². The first-order valence-electron chi connectivity index (χ1n) is 10.9. The van der Waals surface area contributed by atoms with Crippen molar-refractivity contribution in [3.05, 3.63) is 35.6 Å². The molecule has 1 spiro atoms. The fourth-order valence-corrected chi connectivity index (χ4v) is 4.57. The molecule has 0 saturated carbocycles. The van der Waals surface area contributed by atoms with Crippen molar-refractivity contribution in [1.82, 2.24) is 15.1 Å². The van der Waals surface area contributed by atoms with Gasteiger partial charge < -0.3 is 10.2 Å². The average molecular weight is 404 g/mol. The number of amides is 2. The zero-order valence-electron chi connectivity index (χ0n) is 17.9. The van der Waals surface area contributed by atoms with Crippen molar-refractivity contribution in [2.24, 2.45) is 5.92 Å². The van der Waals surface area contributed by atoms with Crippen molar-refractivity contribution in [2.75, 3.05) is 19.6 Å². The molecule has 5 nitrogen and oxygen atoms in total. The Balaban J connectivity index is 1.72. The predicted molar refractivity (Wildman–Crippen MR) is 112 cm³/mol. The highest BCUT2D eigenvalue weighted by Crippen LogP contribution is 2.34. The third-order valence-corrected chi connectivity index (χ3v) is 6.25. The zero-order valence-corrected chi connectivity index (χ0v) is 17.9. The normalized spacial score (nSPS) is 22.4. The van der Waals surface area contributed by atoms with E-state index in [4.69, 9.17) is 0 Å². The van der Waals surface area contributed by atoms with Gasteiger partial charge in [-0.3, -0.25) is 14.5 Å². The fraction of sp³-hybridized carbons (Fsp3) is 0.652. The van der Waals surface area contributed by atoms with Crippen molar-refractivity contribution < 1.29 is 14.0 Å². The van der Waals surface area contributed by atoms with Crippen LogP contribution in [0.4, 0.5) is 4.39 Å². The lowest BCUT2D eigenvalue weighted by atomic mass is 9.80. The van der Waals surface area contributed by atoms with Crippen LogP contribution in [-0.2, 0) is 16.1 Å². The van der Waals surface area contributed by atoms with Crippen molar-refractivity contribution in [3.8, 4) is 0 Å². The number of halogens is 1. The number of unbranched alkanes of at least 4 members (excludes halogenated alkanes) is 1. The van der Waals surface area contributed by atoms with E-state index in [0.717, 1.165) is 38.0 Å². The van der Waals surface area contributed by atoms with Crippen LogP contribution in [0, 0.1) is 11.7 Å². The molecule has 0 aliphatic carbocycles. The SMILES string of the molecule is CCCCN1C(=O)[C@H](CC(C)C)NC(=O)C12CCN(Cc1ccc(F)cc1)CC2. The van der Waals surface area contributed by atoms with Crippen molar-refractivity contribution >= 4 is 11.8 Å². The third-order valence-electron chi connectivity index (χ3n) is 6.25. The Morgan fingerprint density at radius 3 is 2.41 bits per heavy atom. The maximum absolute atomic E-state index is 13.3. The van der Waals surface area contributed by atoms with Crippen LogP contribution in [0.3, 0.4) is 0 Å². The minimum absolute atomic E-state index is 0.0142. The summed E-state index contributed by atoms with van der Waals surface area (Å²) in [7, 11) is 0. The highest BCUT2D eigenvalue weighted by molar-refractivity contribution is 6.00. The lowest BCUT2D eigenvalue weighted by molar-refractivity contribution is -0.161. The Kier molecular flexibility index (Phi) is 6.93. The molecule has 2 aliphatic heterocycles. The van der Waals surface area contributed by atoms with E-state index in [9.17, 15) is 14.0 Å². The molecule has 1 aromatic rings. The summed E-state index contributed by atoms with van der Waals surface area (Å²) in [5, 5.41) is 3.04. The standard InChI is InChI=1S/C23H34FN3O2/c1-4-5-12-27-21(28)20(15-17(2)3)25-22(29)23(27)10-13-26(14-11-23)16-18-6-8-19(24)9-7-18/h6-9,17,20H,4-5,10-16H2,1-3H3,(H,25,29)/t20-/m0/s1. The summed E-state index contributed by atoms with van der Waals surface area (Å²) in [6.45, 7) is 9.14. The summed E-state index contributed by atoms with van der Waals surface area (Å²) in [4.78, 5) is 30.7. The topological polar surface area (TPSA) is 52.7 Å². The molecule has 29 heavy (non-hydrogen) atoms. The zero-order chi connectivity index (χ0) is 21.0. The Bertz CT molecular complexity index is 711. The van der Waals surface area contributed by atoms with Gasteiger partial charge in [-0.1, -0.05) is 39.3 Å². The number of carbonyl (C=O) groups is 2. The number of likely N-dealkylation sites (tertiary alicyclic amines) is 1. The molecule has 0 unspecified atom stereocenters. The number of carbonyl (C=O) groups excluding carboxylic acids is 2. The average Bonchev–Trinajstić information content (AvgIpc) is 2.69. The van der Waals surface area contributed by atoms with Gasteiger partial charge in [0.2, 0.25) is 11.8 Å². The van der Waals surface area contributed by atoms with E-state index in [1.807, 2.05) is 4.90 Å². The summed E-state index contributed by atoms with van der Waals surface area (Å²) in [5.41, 5.74) is 0.338. The van der Waals surface area contributed by atoms with Gasteiger partial charge in [0.1, 0.15) is 17.4 Å². The Morgan fingerprint density at radius 1 is 1.17 bits per heavy atom. The molecule has 2 fully saturated rings. The molecule has 1 aromatic carbocycles. The molecule has 3 rings (SSSR count). The van der Waals surface area contributed by atoms with Gasteiger partial charge in [-0.2, -0.15) is 0 Å². The summed E-state index contributed by atoms with van der Waals surface area (Å²) in [5.74, 6) is 0.217. The Labute approximate surface area is 173 Å². The second-order valence-corrected chi connectivity index (χ2v) is 8.93. The molecule has 0 aromatic heterocycles. The molecule has 2 heterocycles. The minimum atomic E-state index is -0.723.